The second-order valence-electron chi connectivity index (χ2n) is 5.92. The van der Waals surface area contributed by atoms with Crippen molar-refractivity contribution in [3.8, 4) is 6.07 Å². The Hall–Kier alpha value is -1.53. The average molecular weight is 256 g/mol. The zero-order valence-corrected chi connectivity index (χ0v) is 11.3. The van der Waals surface area contributed by atoms with Crippen molar-refractivity contribution in [1.29, 1.82) is 5.26 Å². The second-order valence-corrected chi connectivity index (χ2v) is 5.92. The summed E-state index contributed by atoms with van der Waals surface area (Å²) >= 11 is 0. The third-order valence-corrected chi connectivity index (χ3v) is 4.68. The first-order chi connectivity index (χ1) is 9.19. The molecule has 1 aliphatic heterocycles. The topological polar surface area (TPSA) is 47.3 Å². The molecule has 3 rings (SSSR count). The Morgan fingerprint density at radius 3 is 2.58 bits per heavy atom. The van der Waals surface area contributed by atoms with Gasteiger partial charge in [0.15, 0.2) is 0 Å². The van der Waals surface area contributed by atoms with Gasteiger partial charge in [-0.25, -0.2) is 0 Å². The SMILES string of the molecule is C[C@H](O)c1ccc(C#N)cc1N1CC2CCCC2C1. The third kappa shape index (κ3) is 2.21. The third-order valence-electron chi connectivity index (χ3n) is 4.68. The minimum atomic E-state index is -0.483. The molecule has 1 aliphatic carbocycles. The van der Waals surface area contributed by atoms with Gasteiger partial charge < -0.3 is 10.0 Å². The van der Waals surface area contributed by atoms with Crippen LogP contribution < -0.4 is 4.90 Å². The molecule has 1 heterocycles. The summed E-state index contributed by atoms with van der Waals surface area (Å²) in [5.74, 6) is 1.63. The van der Waals surface area contributed by atoms with Crippen molar-refractivity contribution in [3.05, 3.63) is 29.3 Å². The second kappa shape index (κ2) is 4.86. The highest BCUT2D eigenvalue weighted by atomic mass is 16.3. The molecule has 2 aliphatic rings. The van der Waals surface area contributed by atoms with E-state index in [1.165, 1.54) is 19.3 Å². The predicted molar refractivity (Wildman–Crippen MR) is 74.8 cm³/mol. The summed E-state index contributed by atoms with van der Waals surface area (Å²) < 4.78 is 0. The average Bonchev–Trinajstić information content (AvgIpc) is 2.98. The Bertz CT molecular complexity index is 506. The highest BCUT2D eigenvalue weighted by Crippen LogP contribution is 2.41. The molecule has 1 aromatic carbocycles. The van der Waals surface area contributed by atoms with Crippen LogP contribution in [-0.4, -0.2) is 18.2 Å². The molecule has 1 saturated heterocycles. The van der Waals surface area contributed by atoms with Crippen molar-refractivity contribution in [1.82, 2.24) is 0 Å². The number of aliphatic hydroxyl groups excluding tert-OH is 1. The first-order valence-corrected chi connectivity index (χ1v) is 7.16. The van der Waals surface area contributed by atoms with E-state index in [-0.39, 0.29) is 0 Å². The number of hydrogen-bond acceptors (Lipinski definition) is 3. The number of nitriles is 1. The predicted octanol–water partition coefficient (Wildman–Crippen LogP) is 2.85. The summed E-state index contributed by atoms with van der Waals surface area (Å²) in [6, 6.07) is 7.82. The first kappa shape index (κ1) is 12.5. The highest BCUT2D eigenvalue weighted by molar-refractivity contribution is 5.59. The van der Waals surface area contributed by atoms with Crippen molar-refractivity contribution >= 4 is 5.69 Å². The molecule has 1 aromatic rings. The highest BCUT2D eigenvalue weighted by Gasteiger charge is 2.36. The van der Waals surface area contributed by atoms with Gasteiger partial charge in [0.2, 0.25) is 0 Å². The lowest BCUT2D eigenvalue weighted by Crippen LogP contribution is -2.22. The fourth-order valence-electron chi connectivity index (χ4n) is 3.67. The summed E-state index contributed by atoms with van der Waals surface area (Å²) in [7, 11) is 0. The zero-order chi connectivity index (χ0) is 13.4. The molecule has 100 valence electrons. The molecule has 19 heavy (non-hydrogen) atoms. The maximum atomic E-state index is 9.92. The van der Waals surface area contributed by atoms with Gasteiger partial charge in [-0.2, -0.15) is 5.26 Å². The molecule has 3 nitrogen and oxygen atoms in total. The van der Waals surface area contributed by atoms with E-state index in [0.717, 1.165) is 36.2 Å². The molecule has 2 unspecified atom stereocenters. The molecular formula is C16H20N2O. The normalized spacial score (nSPS) is 27.1. The van der Waals surface area contributed by atoms with Gasteiger partial charge in [0.1, 0.15) is 0 Å². The van der Waals surface area contributed by atoms with E-state index in [1.807, 2.05) is 12.1 Å². The van der Waals surface area contributed by atoms with E-state index >= 15 is 0 Å². The van der Waals surface area contributed by atoms with E-state index in [1.54, 1.807) is 13.0 Å². The van der Waals surface area contributed by atoms with Crippen molar-refractivity contribution in [2.75, 3.05) is 18.0 Å². The molecule has 0 aromatic heterocycles. The fourth-order valence-corrected chi connectivity index (χ4v) is 3.67. The molecule has 0 spiro atoms. The summed E-state index contributed by atoms with van der Waals surface area (Å²) in [4.78, 5) is 2.37. The van der Waals surface area contributed by atoms with Crippen LogP contribution in [0, 0.1) is 23.2 Å². The Morgan fingerprint density at radius 2 is 2.00 bits per heavy atom. The molecule has 2 fully saturated rings. The van der Waals surface area contributed by atoms with E-state index in [0.29, 0.717) is 5.56 Å². The fraction of sp³-hybridized carbons (Fsp3) is 0.562. The molecular weight excluding hydrogens is 236 g/mol. The van der Waals surface area contributed by atoms with Crippen molar-refractivity contribution < 1.29 is 5.11 Å². The minimum Gasteiger partial charge on any atom is -0.389 e. The number of nitrogens with zero attached hydrogens (tertiary/aromatic N) is 2. The molecule has 0 amide bonds. The van der Waals surface area contributed by atoms with Crippen LogP contribution in [0.1, 0.15) is 43.4 Å². The molecule has 3 atom stereocenters. The van der Waals surface area contributed by atoms with Gasteiger partial charge >= 0.3 is 0 Å². The van der Waals surface area contributed by atoms with Gasteiger partial charge in [0, 0.05) is 24.3 Å². The summed E-state index contributed by atoms with van der Waals surface area (Å²) in [6.07, 6.45) is 3.56. The van der Waals surface area contributed by atoms with Gasteiger partial charge in [-0.3, -0.25) is 0 Å². The van der Waals surface area contributed by atoms with E-state index < -0.39 is 6.10 Å². The van der Waals surface area contributed by atoms with E-state index in [9.17, 15) is 5.11 Å². The Morgan fingerprint density at radius 1 is 1.32 bits per heavy atom. The van der Waals surface area contributed by atoms with Crippen LogP contribution in [-0.2, 0) is 0 Å². The zero-order valence-electron chi connectivity index (χ0n) is 11.3. The van der Waals surface area contributed by atoms with Gasteiger partial charge in [-0.1, -0.05) is 12.5 Å². The maximum Gasteiger partial charge on any atom is 0.0992 e. The Balaban J connectivity index is 1.93. The summed E-state index contributed by atoms with van der Waals surface area (Å²) in [6.45, 7) is 3.96. The van der Waals surface area contributed by atoms with Crippen LogP contribution in [0.2, 0.25) is 0 Å². The van der Waals surface area contributed by atoms with Crippen molar-refractivity contribution in [2.24, 2.45) is 11.8 Å². The number of anilines is 1. The molecule has 0 bridgehead atoms. The number of benzene rings is 1. The largest absolute Gasteiger partial charge is 0.389 e. The van der Waals surface area contributed by atoms with Gasteiger partial charge in [-0.15, -0.1) is 0 Å². The number of fused-ring (bicyclic) bond motifs is 1. The summed E-state index contributed by atoms with van der Waals surface area (Å²) in [5.41, 5.74) is 2.68. The van der Waals surface area contributed by atoms with Crippen LogP contribution in [0.3, 0.4) is 0 Å². The monoisotopic (exact) mass is 256 g/mol. The summed E-state index contributed by atoms with van der Waals surface area (Å²) in [5, 5.41) is 19.0. The van der Waals surface area contributed by atoms with Crippen molar-refractivity contribution in [3.63, 3.8) is 0 Å². The quantitative estimate of drug-likeness (QED) is 0.885. The smallest absolute Gasteiger partial charge is 0.0992 e. The minimum absolute atomic E-state index is 0.483. The lowest BCUT2D eigenvalue weighted by atomic mass is 10.0. The van der Waals surface area contributed by atoms with Gasteiger partial charge in [0.05, 0.1) is 17.7 Å². The van der Waals surface area contributed by atoms with Crippen LogP contribution >= 0.6 is 0 Å². The lowest BCUT2D eigenvalue weighted by Gasteiger charge is -2.24. The molecule has 1 saturated carbocycles. The molecule has 1 N–H and O–H groups in total. The molecule has 0 radical (unpaired) electrons. The number of hydrogen-bond donors (Lipinski definition) is 1. The standard InChI is InChI=1S/C16H20N2O/c1-11(19)15-6-5-12(8-17)7-16(15)18-9-13-3-2-4-14(13)10-18/h5-7,11,13-14,19H,2-4,9-10H2,1H3/t11-,13?,14?/m0/s1. The van der Waals surface area contributed by atoms with E-state index in [2.05, 4.69) is 11.0 Å². The maximum absolute atomic E-state index is 9.92. The Labute approximate surface area is 114 Å². The van der Waals surface area contributed by atoms with Crippen LogP contribution in [0.4, 0.5) is 5.69 Å². The number of aliphatic hydroxyl groups is 1. The number of rotatable bonds is 2. The van der Waals surface area contributed by atoms with Crippen LogP contribution in [0.15, 0.2) is 18.2 Å². The van der Waals surface area contributed by atoms with Gasteiger partial charge in [-0.05, 0) is 43.7 Å². The van der Waals surface area contributed by atoms with Gasteiger partial charge in [0.25, 0.3) is 0 Å². The van der Waals surface area contributed by atoms with E-state index in [4.69, 9.17) is 5.26 Å². The van der Waals surface area contributed by atoms with Crippen molar-refractivity contribution in [2.45, 2.75) is 32.3 Å². The van der Waals surface area contributed by atoms with Crippen LogP contribution in [0.5, 0.6) is 0 Å². The first-order valence-electron chi connectivity index (χ1n) is 7.16. The lowest BCUT2D eigenvalue weighted by molar-refractivity contribution is 0.199. The Kier molecular flexibility index (Phi) is 3.20. The van der Waals surface area contributed by atoms with Crippen LogP contribution in [0.25, 0.3) is 0 Å². The molecule has 3 heteroatoms.